The van der Waals surface area contributed by atoms with E-state index in [-0.39, 0.29) is 11.7 Å². The van der Waals surface area contributed by atoms with Gasteiger partial charge in [-0.05, 0) is 38.2 Å². The highest BCUT2D eigenvalue weighted by atomic mass is 32.2. The SMILES string of the molecule is O=C(NS(=O)(=O)N1CCCC1)c1ccnc(OC2CCC2)c1. The fourth-order valence-electron chi connectivity index (χ4n) is 2.44. The van der Waals surface area contributed by atoms with Crippen LogP contribution in [0.2, 0.25) is 0 Å². The fourth-order valence-corrected chi connectivity index (χ4v) is 3.66. The quantitative estimate of drug-likeness (QED) is 0.875. The minimum absolute atomic E-state index is 0.152. The van der Waals surface area contributed by atoms with E-state index in [4.69, 9.17) is 4.74 Å². The van der Waals surface area contributed by atoms with Crippen LogP contribution in [0, 0.1) is 0 Å². The van der Waals surface area contributed by atoms with Gasteiger partial charge in [0.2, 0.25) is 5.88 Å². The first-order valence-electron chi connectivity index (χ1n) is 7.49. The molecule has 3 rings (SSSR count). The summed E-state index contributed by atoms with van der Waals surface area (Å²) in [6.07, 6.45) is 6.36. The Kier molecular flexibility index (Phi) is 4.30. The molecule has 0 spiro atoms. The predicted octanol–water partition coefficient (Wildman–Crippen LogP) is 1.08. The Morgan fingerprint density at radius 1 is 1.27 bits per heavy atom. The van der Waals surface area contributed by atoms with Crippen molar-refractivity contribution in [3.63, 3.8) is 0 Å². The third kappa shape index (κ3) is 3.38. The van der Waals surface area contributed by atoms with E-state index >= 15 is 0 Å². The standard InChI is InChI=1S/C14H19N3O4S/c18-14(16-22(19,20)17-8-1-2-9-17)11-6-7-15-13(10-11)21-12-4-3-5-12/h6-7,10,12H,1-5,8-9H2,(H,16,18). The number of carbonyl (C=O) groups excluding carboxylic acids is 1. The Morgan fingerprint density at radius 3 is 2.64 bits per heavy atom. The molecule has 120 valence electrons. The van der Waals surface area contributed by atoms with Crippen molar-refractivity contribution >= 4 is 16.1 Å². The maximum absolute atomic E-state index is 12.1. The minimum Gasteiger partial charge on any atom is -0.474 e. The average Bonchev–Trinajstić information content (AvgIpc) is 2.98. The minimum atomic E-state index is -3.76. The second kappa shape index (κ2) is 6.21. The highest BCUT2D eigenvalue weighted by Crippen LogP contribution is 2.24. The summed E-state index contributed by atoms with van der Waals surface area (Å²) in [5.41, 5.74) is 0.229. The van der Waals surface area contributed by atoms with Crippen molar-refractivity contribution in [2.75, 3.05) is 13.1 Å². The van der Waals surface area contributed by atoms with Gasteiger partial charge in [-0.2, -0.15) is 12.7 Å². The maximum Gasteiger partial charge on any atom is 0.304 e. The van der Waals surface area contributed by atoms with Crippen LogP contribution in [0.25, 0.3) is 0 Å². The molecule has 0 aromatic carbocycles. The number of carbonyl (C=O) groups is 1. The van der Waals surface area contributed by atoms with E-state index in [1.807, 2.05) is 0 Å². The van der Waals surface area contributed by atoms with E-state index in [2.05, 4.69) is 9.71 Å². The molecule has 1 aliphatic heterocycles. The van der Waals surface area contributed by atoms with Crippen LogP contribution in [0.5, 0.6) is 5.88 Å². The van der Waals surface area contributed by atoms with Gasteiger partial charge in [-0.15, -0.1) is 0 Å². The molecule has 1 saturated carbocycles. The summed E-state index contributed by atoms with van der Waals surface area (Å²) in [5, 5.41) is 0. The maximum atomic E-state index is 12.1. The third-order valence-electron chi connectivity index (χ3n) is 3.96. The predicted molar refractivity (Wildman–Crippen MR) is 79.7 cm³/mol. The number of rotatable bonds is 5. The summed E-state index contributed by atoms with van der Waals surface area (Å²) < 4.78 is 33.2. The molecule has 0 radical (unpaired) electrons. The van der Waals surface area contributed by atoms with Gasteiger partial charge in [-0.1, -0.05) is 0 Å². The summed E-state index contributed by atoms with van der Waals surface area (Å²) in [4.78, 5) is 16.2. The van der Waals surface area contributed by atoms with Gasteiger partial charge in [0.25, 0.3) is 5.91 Å². The molecule has 1 amide bonds. The van der Waals surface area contributed by atoms with Crippen molar-refractivity contribution in [1.29, 1.82) is 0 Å². The first-order chi connectivity index (χ1) is 10.5. The van der Waals surface area contributed by atoms with Gasteiger partial charge in [0.05, 0.1) is 0 Å². The second-order valence-electron chi connectivity index (χ2n) is 5.60. The van der Waals surface area contributed by atoms with Crippen molar-refractivity contribution in [2.45, 2.75) is 38.2 Å². The van der Waals surface area contributed by atoms with Crippen LogP contribution in [-0.2, 0) is 10.2 Å². The molecule has 2 aliphatic rings. The van der Waals surface area contributed by atoms with Gasteiger partial charge in [-0.3, -0.25) is 4.79 Å². The average molecular weight is 325 g/mol. The van der Waals surface area contributed by atoms with Crippen molar-refractivity contribution in [1.82, 2.24) is 14.0 Å². The van der Waals surface area contributed by atoms with E-state index in [1.54, 1.807) is 0 Å². The molecule has 2 fully saturated rings. The van der Waals surface area contributed by atoms with Gasteiger partial charge >= 0.3 is 10.2 Å². The Bertz CT molecular complexity index is 652. The van der Waals surface area contributed by atoms with E-state index in [0.717, 1.165) is 32.1 Å². The second-order valence-corrected chi connectivity index (χ2v) is 7.27. The Balaban J connectivity index is 1.67. The molecule has 7 nitrogen and oxygen atoms in total. The van der Waals surface area contributed by atoms with Crippen LogP contribution < -0.4 is 9.46 Å². The first-order valence-corrected chi connectivity index (χ1v) is 8.93. The molecule has 0 unspecified atom stereocenters. The van der Waals surface area contributed by atoms with Crippen LogP contribution in [0.15, 0.2) is 18.3 Å². The van der Waals surface area contributed by atoms with E-state index in [9.17, 15) is 13.2 Å². The number of hydrogen-bond donors (Lipinski definition) is 1. The lowest BCUT2D eigenvalue weighted by Gasteiger charge is -2.25. The molecule has 0 bridgehead atoms. The molecule has 1 saturated heterocycles. The Labute approximate surface area is 129 Å². The van der Waals surface area contributed by atoms with Crippen LogP contribution in [0.4, 0.5) is 0 Å². The van der Waals surface area contributed by atoms with Gasteiger partial charge in [0.1, 0.15) is 6.10 Å². The van der Waals surface area contributed by atoms with Crippen LogP contribution >= 0.6 is 0 Å². The van der Waals surface area contributed by atoms with E-state index in [0.29, 0.717) is 19.0 Å². The number of nitrogens with zero attached hydrogens (tertiary/aromatic N) is 2. The summed E-state index contributed by atoms with van der Waals surface area (Å²) in [7, 11) is -3.76. The number of nitrogens with one attached hydrogen (secondary N) is 1. The zero-order valence-electron chi connectivity index (χ0n) is 12.2. The van der Waals surface area contributed by atoms with Crippen molar-refractivity contribution < 1.29 is 17.9 Å². The normalized spacial score (nSPS) is 19.6. The van der Waals surface area contributed by atoms with Crippen molar-refractivity contribution in [2.24, 2.45) is 0 Å². The topological polar surface area (TPSA) is 88.6 Å². The summed E-state index contributed by atoms with van der Waals surface area (Å²) >= 11 is 0. The first kappa shape index (κ1) is 15.2. The summed E-state index contributed by atoms with van der Waals surface area (Å²) in [6.45, 7) is 0.907. The summed E-state index contributed by atoms with van der Waals surface area (Å²) in [6, 6.07) is 2.95. The van der Waals surface area contributed by atoms with Gasteiger partial charge in [0, 0.05) is 30.9 Å². The molecule has 2 heterocycles. The molecule has 8 heteroatoms. The van der Waals surface area contributed by atoms with Gasteiger partial charge < -0.3 is 4.74 Å². The zero-order chi connectivity index (χ0) is 15.6. The number of hydrogen-bond acceptors (Lipinski definition) is 5. The number of ether oxygens (including phenoxy) is 1. The van der Waals surface area contributed by atoms with Crippen LogP contribution in [-0.4, -0.2) is 42.8 Å². The Morgan fingerprint density at radius 2 is 2.00 bits per heavy atom. The molecule has 1 aromatic rings. The number of aromatic nitrogens is 1. The van der Waals surface area contributed by atoms with Crippen molar-refractivity contribution in [3.05, 3.63) is 23.9 Å². The van der Waals surface area contributed by atoms with Crippen LogP contribution in [0.3, 0.4) is 0 Å². The van der Waals surface area contributed by atoms with E-state index in [1.165, 1.54) is 22.6 Å². The highest BCUT2D eigenvalue weighted by Gasteiger charge is 2.27. The molecule has 1 N–H and O–H groups in total. The molecular formula is C14H19N3O4S. The van der Waals surface area contributed by atoms with Gasteiger partial charge in [0.15, 0.2) is 0 Å². The fraction of sp³-hybridized carbons (Fsp3) is 0.571. The lowest BCUT2D eigenvalue weighted by Crippen LogP contribution is -2.42. The van der Waals surface area contributed by atoms with Crippen LogP contribution in [0.1, 0.15) is 42.5 Å². The monoisotopic (exact) mass is 325 g/mol. The molecule has 0 atom stereocenters. The van der Waals surface area contributed by atoms with E-state index < -0.39 is 16.1 Å². The smallest absolute Gasteiger partial charge is 0.304 e. The third-order valence-corrected chi connectivity index (χ3v) is 5.45. The number of pyridine rings is 1. The Hall–Kier alpha value is -1.67. The molecule has 1 aliphatic carbocycles. The molecular weight excluding hydrogens is 306 g/mol. The molecule has 22 heavy (non-hydrogen) atoms. The largest absolute Gasteiger partial charge is 0.474 e. The zero-order valence-corrected chi connectivity index (χ0v) is 13.0. The lowest BCUT2D eigenvalue weighted by atomic mass is 9.96. The van der Waals surface area contributed by atoms with Gasteiger partial charge in [-0.25, -0.2) is 9.71 Å². The van der Waals surface area contributed by atoms with Crippen molar-refractivity contribution in [3.8, 4) is 5.88 Å². The summed E-state index contributed by atoms with van der Waals surface area (Å²) in [5.74, 6) is -0.302. The molecule has 1 aromatic heterocycles. The lowest BCUT2D eigenvalue weighted by molar-refractivity contribution is 0.0973. The number of amides is 1. The highest BCUT2D eigenvalue weighted by molar-refractivity contribution is 7.87.